The molecule has 2 heterocycles. The van der Waals surface area contributed by atoms with E-state index >= 15 is 0 Å². The van der Waals surface area contributed by atoms with Crippen LogP contribution in [0.4, 0.5) is 4.79 Å². The van der Waals surface area contributed by atoms with Gasteiger partial charge in [0.05, 0.1) is 17.7 Å². The van der Waals surface area contributed by atoms with Crippen LogP contribution in [0, 0.1) is 13.8 Å². The maximum absolute atomic E-state index is 13.5. The second-order valence-electron chi connectivity index (χ2n) is 7.92. The van der Waals surface area contributed by atoms with Crippen molar-refractivity contribution in [2.75, 3.05) is 5.75 Å². The first-order chi connectivity index (χ1) is 15.2. The molecule has 2 aromatic heterocycles. The molecule has 0 aliphatic rings. The predicted molar refractivity (Wildman–Crippen MR) is 131 cm³/mol. The minimum atomic E-state index is -0.535. The summed E-state index contributed by atoms with van der Waals surface area (Å²) >= 11 is 2.68. The summed E-state index contributed by atoms with van der Waals surface area (Å²) in [7, 11) is 0. The van der Waals surface area contributed by atoms with E-state index in [4.69, 9.17) is 4.98 Å². The molecular formula is C23H28N4O3S2. The highest BCUT2D eigenvalue weighted by Crippen LogP contribution is 2.29. The maximum atomic E-state index is 13.5. The third-order valence-electron chi connectivity index (χ3n) is 4.90. The Morgan fingerprint density at radius 1 is 1.19 bits per heavy atom. The number of thioether (sulfide) groups is 1. The number of aromatic nitrogens is 2. The van der Waals surface area contributed by atoms with E-state index in [2.05, 4.69) is 17.6 Å². The number of hydrogen-bond acceptors (Lipinski definition) is 6. The van der Waals surface area contributed by atoms with Crippen molar-refractivity contribution in [2.45, 2.75) is 58.8 Å². The molecule has 0 radical (unpaired) electrons. The van der Waals surface area contributed by atoms with Crippen molar-refractivity contribution < 1.29 is 9.59 Å². The van der Waals surface area contributed by atoms with Gasteiger partial charge >= 0.3 is 6.03 Å². The lowest BCUT2D eigenvalue weighted by molar-refractivity contribution is -0.117. The minimum Gasteiger partial charge on any atom is -0.336 e. The van der Waals surface area contributed by atoms with Crippen LogP contribution in [0.2, 0.25) is 0 Å². The molecule has 0 unspecified atom stereocenters. The van der Waals surface area contributed by atoms with Gasteiger partial charge in [0.15, 0.2) is 5.16 Å². The number of aryl methyl sites for hydroxylation is 3. The number of nitrogens with one attached hydrogen (secondary N) is 2. The van der Waals surface area contributed by atoms with E-state index in [1.54, 1.807) is 4.57 Å². The van der Waals surface area contributed by atoms with Crippen LogP contribution in [0.3, 0.4) is 0 Å². The maximum Gasteiger partial charge on any atom is 0.321 e. The monoisotopic (exact) mass is 472 g/mol. The third kappa shape index (κ3) is 5.58. The van der Waals surface area contributed by atoms with E-state index in [1.807, 2.05) is 52.0 Å². The Bertz CT molecular complexity index is 1200. The van der Waals surface area contributed by atoms with Crippen molar-refractivity contribution >= 4 is 45.3 Å². The smallest absolute Gasteiger partial charge is 0.321 e. The van der Waals surface area contributed by atoms with Crippen molar-refractivity contribution in [1.29, 1.82) is 0 Å². The van der Waals surface area contributed by atoms with E-state index in [1.165, 1.54) is 11.3 Å². The Morgan fingerprint density at radius 3 is 2.50 bits per heavy atom. The summed E-state index contributed by atoms with van der Waals surface area (Å²) in [6.07, 6.45) is 0.833. The number of benzene rings is 1. The lowest BCUT2D eigenvalue weighted by atomic mass is 10.1. The molecule has 0 saturated heterocycles. The fourth-order valence-corrected chi connectivity index (χ4v) is 5.25. The zero-order chi connectivity index (χ0) is 23.4. The third-order valence-corrected chi connectivity index (χ3v) is 7.21. The largest absolute Gasteiger partial charge is 0.336 e. The lowest BCUT2D eigenvalue weighted by Crippen LogP contribution is -2.43. The second-order valence-corrected chi connectivity index (χ2v) is 9.95. The highest BCUT2D eigenvalue weighted by Gasteiger charge is 2.19. The fraction of sp³-hybridized carbons (Fsp3) is 0.391. The zero-order valence-electron chi connectivity index (χ0n) is 18.9. The lowest BCUT2D eigenvalue weighted by Gasteiger charge is -2.13. The van der Waals surface area contributed by atoms with Crippen LogP contribution in [0.1, 0.15) is 42.3 Å². The van der Waals surface area contributed by atoms with Gasteiger partial charge in [-0.1, -0.05) is 48.5 Å². The van der Waals surface area contributed by atoms with Gasteiger partial charge in [-0.2, -0.15) is 0 Å². The molecule has 2 N–H and O–H groups in total. The Morgan fingerprint density at radius 2 is 1.88 bits per heavy atom. The van der Waals surface area contributed by atoms with E-state index in [-0.39, 0.29) is 17.4 Å². The van der Waals surface area contributed by atoms with Crippen molar-refractivity contribution in [3.8, 4) is 0 Å². The molecule has 9 heteroatoms. The average Bonchev–Trinajstić information content (AvgIpc) is 3.05. The van der Waals surface area contributed by atoms with Crippen molar-refractivity contribution in [1.82, 2.24) is 20.2 Å². The molecule has 32 heavy (non-hydrogen) atoms. The summed E-state index contributed by atoms with van der Waals surface area (Å²) in [5.41, 5.74) is 2.98. The topological polar surface area (TPSA) is 93.1 Å². The van der Waals surface area contributed by atoms with Gasteiger partial charge in [-0.15, -0.1) is 11.3 Å². The number of carbonyl (C=O) groups is 2. The van der Waals surface area contributed by atoms with Crippen LogP contribution in [-0.4, -0.2) is 33.3 Å². The first-order valence-electron chi connectivity index (χ1n) is 10.5. The Kier molecular flexibility index (Phi) is 7.73. The average molecular weight is 473 g/mol. The van der Waals surface area contributed by atoms with Gasteiger partial charge in [-0.25, -0.2) is 9.78 Å². The van der Waals surface area contributed by atoms with Crippen LogP contribution in [-0.2, 0) is 17.8 Å². The van der Waals surface area contributed by atoms with Gasteiger partial charge in [-0.05, 0) is 45.2 Å². The Balaban J connectivity index is 1.94. The molecule has 0 atom stereocenters. The number of carbonyl (C=O) groups excluding carboxylic acids is 2. The van der Waals surface area contributed by atoms with Gasteiger partial charge in [0.2, 0.25) is 5.91 Å². The van der Waals surface area contributed by atoms with Crippen LogP contribution in [0.15, 0.2) is 34.2 Å². The first kappa shape index (κ1) is 24.0. The van der Waals surface area contributed by atoms with Crippen LogP contribution >= 0.6 is 23.1 Å². The van der Waals surface area contributed by atoms with Crippen LogP contribution < -0.4 is 16.2 Å². The number of fused-ring (bicyclic) bond motifs is 1. The zero-order valence-corrected chi connectivity index (χ0v) is 20.6. The highest BCUT2D eigenvalue weighted by molar-refractivity contribution is 7.99. The number of urea groups is 1. The normalized spacial score (nSPS) is 11.2. The molecule has 0 saturated carbocycles. The first-order valence-corrected chi connectivity index (χ1v) is 12.3. The van der Waals surface area contributed by atoms with Crippen molar-refractivity contribution in [3.05, 3.63) is 56.2 Å². The summed E-state index contributed by atoms with van der Waals surface area (Å²) < 4.78 is 1.62. The molecule has 0 aliphatic carbocycles. The van der Waals surface area contributed by atoms with Gasteiger partial charge in [0.25, 0.3) is 5.56 Å². The Labute approximate surface area is 195 Å². The quantitative estimate of drug-likeness (QED) is 0.400. The molecule has 3 amide bonds. The summed E-state index contributed by atoms with van der Waals surface area (Å²) in [5.74, 6) is -0.469. The number of imide groups is 1. The summed E-state index contributed by atoms with van der Waals surface area (Å²) in [6.45, 7) is 10.0. The molecule has 170 valence electrons. The summed E-state index contributed by atoms with van der Waals surface area (Å²) in [6, 6.07) is 7.38. The van der Waals surface area contributed by atoms with Crippen molar-refractivity contribution in [2.24, 2.45) is 0 Å². The number of hydrogen-bond donors (Lipinski definition) is 2. The molecule has 1 aromatic carbocycles. The van der Waals surface area contributed by atoms with E-state index in [0.717, 1.165) is 39.8 Å². The predicted octanol–water partition coefficient (Wildman–Crippen LogP) is 4.01. The van der Waals surface area contributed by atoms with E-state index < -0.39 is 11.9 Å². The highest BCUT2D eigenvalue weighted by atomic mass is 32.2. The number of thiophene rings is 1. The van der Waals surface area contributed by atoms with Crippen LogP contribution in [0.25, 0.3) is 10.2 Å². The summed E-state index contributed by atoms with van der Waals surface area (Å²) in [4.78, 5) is 44.1. The molecule has 3 rings (SSSR count). The standard InChI is InChI=1S/C23H28N4O3S2/c1-6-17-15(5)19-20(32-17)26-23(31-12-18(28)25-22(30)24-13(2)3)27(21(19)29)11-16-9-7-14(4)8-10-16/h7-10,13H,6,11-12H2,1-5H3,(H2,24,25,28,30). The number of nitrogens with zero attached hydrogens (tertiary/aromatic N) is 2. The number of amides is 3. The molecule has 0 aliphatic heterocycles. The molecule has 0 bridgehead atoms. The molecule has 3 aromatic rings. The van der Waals surface area contributed by atoms with E-state index in [0.29, 0.717) is 21.9 Å². The van der Waals surface area contributed by atoms with Crippen LogP contribution in [0.5, 0.6) is 0 Å². The summed E-state index contributed by atoms with van der Waals surface area (Å²) in [5, 5.41) is 6.04. The minimum absolute atomic E-state index is 0.0254. The van der Waals surface area contributed by atoms with E-state index in [9.17, 15) is 14.4 Å². The SMILES string of the molecule is CCc1sc2nc(SCC(=O)NC(=O)NC(C)C)n(Cc3ccc(C)cc3)c(=O)c2c1C. The second kappa shape index (κ2) is 10.3. The molecular weight excluding hydrogens is 444 g/mol. The van der Waals surface area contributed by atoms with Gasteiger partial charge < -0.3 is 5.32 Å². The molecule has 7 nitrogen and oxygen atoms in total. The molecule has 0 spiro atoms. The van der Waals surface area contributed by atoms with Gasteiger partial charge in [0.1, 0.15) is 4.83 Å². The van der Waals surface area contributed by atoms with Gasteiger partial charge in [0, 0.05) is 10.9 Å². The van der Waals surface area contributed by atoms with Gasteiger partial charge in [-0.3, -0.25) is 19.5 Å². The van der Waals surface area contributed by atoms with Crippen molar-refractivity contribution in [3.63, 3.8) is 0 Å². The number of rotatable bonds is 7. The molecule has 0 fully saturated rings. The Hall–Kier alpha value is -2.65. The fourth-order valence-electron chi connectivity index (χ4n) is 3.30.